The predicted octanol–water partition coefficient (Wildman–Crippen LogP) is 1.57. The smallest absolute Gasteiger partial charge is 0.432 e. The summed E-state index contributed by atoms with van der Waals surface area (Å²) in [5, 5.41) is 0. The van der Waals surface area contributed by atoms with Crippen molar-refractivity contribution in [2.75, 3.05) is 13.2 Å². The van der Waals surface area contributed by atoms with Crippen molar-refractivity contribution in [3.8, 4) is 0 Å². The molecule has 0 radical (unpaired) electrons. The van der Waals surface area contributed by atoms with Crippen LogP contribution in [0, 0.1) is 0 Å². The zero-order valence-corrected chi connectivity index (χ0v) is 11.9. The highest BCUT2D eigenvalue weighted by Gasteiger charge is 2.23. The molecule has 0 aromatic carbocycles. The maximum Gasteiger partial charge on any atom is 0.540 e. The van der Waals surface area contributed by atoms with Crippen LogP contribution in [0.1, 0.15) is 33.6 Å². The molecule has 0 aromatic heterocycles. The van der Waals surface area contributed by atoms with E-state index in [1.54, 1.807) is 13.8 Å². The van der Waals surface area contributed by atoms with E-state index in [1.807, 2.05) is 6.92 Å². The van der Waals surface area contributed by atoms with Crippen molar-refractivity contribution in [3.05, 3.63) is 12.2 Å². The van der Waals surface area contributed by atoms with Gasteiger partial charge in [0.1, 0.15) is 5.60 Å². The normalized spacial score (nSPS) is 14.8. The Morgan fingerprint density at radius 2 is 1.85 bits per heavy atom. The fraction of sp³-hybridized carbons (Fsp3) is 0.615. The van der Waals surface area contributed by atoms with Crippen molar-refractivity contribution in [2.45, 2.75) is 39.2 Å². The second kappa shape index (κ2) is 7.04. The molecular formula is C13H19NO6. The summed E-state index contributed by atoms with van der Waals surface area (Å²) in [5.41, 5.74) is -0.570. The van der Waals surface area contributed by atoms with Crippen LogP contribution in [-0.2, 0) is 24.1 Å². The highest BCUT2D eigenvalue weighted by Crippen LogP contribution is 2.14. The zero-order chi connectivity index (χ0) is 15.2. The number of hydrogen-bond acceptors (Lipinski definition) is 6. The fourth-order valence-electron chi connectivity index (χ4n) is 1.26. The van der Waals surface area contributed by atoms with E-state index in [4.69, 9.17) is 9.62 Å². The lowest BCUT2D eigenvalue weighted by molar-refractivity contribution is -0.317. The Labute approximate surface area is 117 Å². The van der Waals surface area contributed by atoms with Gasteiger partial charge in [-0.1, -0.05) is 6.92 Å². The third-order valence-electron chi connectivity index (χ3n) is 2.83. The van der Waals surface area contributed by atoms with Gasteiger partial charge >= 0.3 is 6.16 Å². The Morgan fingerprint density at radius 3 is 2.40 bits per heavy atom. The van der Waals surface area contributed by atoms with Crippen molar-refractivity contribution in [2.24, 2.45) is 0 Å². The molecule has 0 spiro atoms. The highest BCUT2D eigenvalue weighted by molar-refractivity contribution is 6.12. The van der Waals surface area contributed by atoms with Crippen LogP contribution in [0.25, 0.3) is 0 Å². The second-order valence-corrected chi connectivity index (χ2v) is 4.89. The Hall–Kier alpha value is -1.89. The van der Waals surface area contributed by atoms with Crippen LogP contribution in [0.3, 0.4) is 0 Å². The monoisotopic (exact) mass is 285 g/mol. The van der Waals surface area contributed by atoms with Gasteiger partial charge in [-0.15, -0.1) is 0 Å². The first-order chi connectivity index (χ1) is 9.35. The molecule has 1 aliphatic rings. The summed E-state index contributed by atoms with van der Waals surface area (Å²) in [4.78, 5) is 44.1. The summed E-state index contributed by atoms with van der Waals surface area (Å²) in [5.74, 6) is -0.712. The van der Waals surface area contributed by atoms with E-state index in [1.165, 1.54) is 12.2 Å². The summed E-state index contributed by atoms with van der Waals surface area (Å²) in [7, 11) is 0. The standard InChI is InChI=1S/C13H19NO6/c1-4-13(2,3)20-19-12(17)18-9-5-8-14-10(15)6-7-11(14)16/h6-7H,4-5,8-9H2,1-3H3. The average Bonchev–Trinajstić information content (AvgIpc) is 2.72. The van der Waals surface area contributed by atoms with Gasteiger partial charge in [0.05, 0.1) is 6.61 Å². The molecule has 0 saturated heterocycles. The van der Waals surface area contributed by atoms with Crippen molar-refractivity contribution < 1.29 is 28.9 Å². The van der Waals surface area contributed by atoms with Gasteiger partial charge in [-0.05, 0) is 26.7 Å². The van der Waals surface area contributed by atoms with Crippen molar-refractivity contribution >= 4 is 18.0 Å². The van der Waals surface area contributed by atoms with Gasteiger partial charge in [0.2, 0.25) is 0 Å². The topological polar surface area (TPSA) is 82.1 Å². The molecule has 7 heteroatoms. The molecule has 1 aliphatic heterocycles. The first-order valence-corrected chi connectivity index (χ1v) is 6.41. The van der Waals surface area contributed by atoms with Gasteiger partial charge in [0, 0.05) is 18.7 Å². The van der Waals surface area contributed by atoms with E-state index in [-0.39, 0.29) is 25.0 Å². The summed E-state index contributed by atoms with van der Waals surface area (Å²) in [6.07, 6.45) is 2.48. The molecule has 0 atom stereocenters. The summed E-state index contributed by atoms with van der Waals surface area (Å²) < 4.78 is 4.76. The van der Waals surface area contributed by atoms with Gasteiger partial charge in [-0.3, -0.25) is 19.4 Å². The summed E-state index contributed by atoms with van der Waals surface area (Å²) >= 11 is 0. The number of carbonyl (C=O) groups excluding carboxylic acids is 3. The Bertz CT molecular complexity index is 397. The summed E-state index contributed by atoms with van der Waals surface area (Å²) in [6, 6.07) is 0. The largest absolute Gasteiger partial charge is 0.540 e. The van der Waals surface area contributed by atoms with E-state index in [0.717, 1.165) is 4.90 Å². The third kappa shape index (κ3) is 5.00. The lowest BCUT2D eigenvalue weighted by Gasteiger charge is -2.20. The minimum atomic E-state index is -0.941. The maximum atomic E-state index is 11.2. The van der Waals surface area contributed by atoms with Crippen LogP contribution < -0.4 is 0 Å². The van der Waals surface area contributed by atoms with Gasteiger partial charge in [-0.2, -0.15) is 4.89 Å². The van der Waals surface area contributed by atoms with E-state index in [9.17, 15) is 14.4 Å². The first-order valence-electron chi connectivity index (χ1n) is 6.41. The number of hydrogen-bond donors (Lipinski definition) is 0. The van der Waals surface area contributed by atoms with Crippen molar-refractivity contribution in [1.82, 2.24) is 4.90 Å². The van der Waals surface area contributed by atoms with Crippen LogP contribution in [0.15, 0.2) is 12.2 Å². The molecule has 1 heterocycles. The first kappa shape index (κ1) is 16.2. The van der Waals surface area contributed by atoms with E-state index in [0.29, 0.717) is 12.8 Å². The minimum absolute atomic E-state index is 0.0335. The quantitative estimate of drug-likeness (QED) is 0.232. The SMILES string of the molecule is CCC(C)(C)OOC(=O)OCCCN1C(=O)C=CC1=O. The summed E-state index contributed by atoms with van der Waals surface area (Å²) in [6.45, 7) is 5.67. The van der Waals surface area contributed by atoms with E-state index >= 15 is 0 Å². The van der Waals surface area contributed by atoms with Crippen LogP contribution >= 0.6 is 0 Å². The number of nitrogens with zero attached hydrogens (tertiary/aromatic N) is 1. The highest BCUT2D eigenvalue weighted by atomic mass is 17.2. The molecule has 0 saturated carbocycles. The molecule has 7 nitrogen and oxygen atoms in total. The number of amides is 2. The third-order valence-corrected chi connectivity index (χ3v) is 2.83. The lowest BCUT2D eigenvalue weighted by Crippen LogP contribution is -2.31. The minimum Gasteiger partial charge on any atom is -0.432 e. The van der Waals surface area contributed by atoms with Crippen LogP contribution in [0.5, 0.6) is 0 Å². The van der Waals surface area contributed by atoms with Gasteiger partial charge in [-0.25, -0.2) is 4.79 Å². The van der Waals surface area contributed by atoms with Crippen molar-refractivity contribution in [1.29, 1.82) is 0 Å². The Balaban J connectivity index is 2.14. The molecule has 20 heavy (non-hydrogen) atoms. The second-order valence-electron chi connectivity index (χ2n) is 4.89. The molecule has 0 unspecified atom stereocenters. The molecule has 0 aliphatic carbocycles. The number of carbonyl (C=O) groups is 3. The van der Waals surface area contributed by atoms with Gasteiger partial charge in [0.25, 0.3) is 11.8 Å². The molecule has 112 valence electrons. The molecular weight excluding hydrogens is 266 g/mol. The zero-order valence-electron chi connectivity index (χ0n) is 11.9. The average molecular weight is 285 g/mol. The molecule has 0 aromatic rings. The number of imide groups is 1. The predicted molar refractivity (Wildman–Crippen MR) is 68.4 cm³/mol. The van der Waals surface area contributed by atoms with Crippen molar-refractivity contribution in [3.63, 3.8) is 0 Å². The maximum absolute atomic E-state index is 11.2. The van der Waals surface area contributed by atoms with Gasteiger partial charge in [0.15, 0.2) is 0 Å². The number of ether oxygens (including phenoxy) is 1. The van der Waals surface area contributed by atoms with Crippen LogP contribution in [0.4, 0.5) is 4.79 Å². The molecule has 0 bridgehead atoms. The Kier molecular flexibility index (Phi) is 5.69. The molecule has 0 fully saturated rings. The lowest BCUT2D eigenvalue weighted by atomic mass is 10.1. The molecule has 0 N–H and O–H groups in total. The van der Waals surface area contributed by atoms with E-state index < -0.39 is 11.8 Å². The Morgan fingerprint density at radius 1 is 1.25 bits per heavy atom. The van der Waals surface area contributed by atoms with Crippen LogP contribution in [0.2, 0.25) is 0 Å². The fourth-order valence-corrected chi connectivity index (χ4v) is 1.26. The molecule has 2 amide bonds. The van der Waals surface area contributed by atoms with Gasteiger partial charge < -0.3 is 4.74 Å². The van der Waals surface area contributed by atoms with Crippen LogP contribution in [-0.4, -0.2) is 41.6 Å². The molecule has 1 rings (SSSR count). The van der Waals surface area contributed by atoms with E-state index in [2.05, 4.69) is 4.89 Å². The number of rotatable bonds is 7.